The van der Waals surface area contributed by atoms with Crippen LogP contribution in [0.2, 0.25) is 0 Å². The van der Waals surface area contributed by atoms with Crippen molar-refractivity contribution in [1.82, 2.24) is 4.90 Å². The Bertz CT molecular complexity index is 933. The predicted molar refractivity (Wildman–Crippen MR) is 121 cm³/mol. The van der Waals surface area contributed by atoms with Crippen molar-refractivity contribution in [2.24, 2.45) is 5.41 Å². The highest BCUT2D eigenvalue weighted by atomic mass is 19.4. The predicted octanol–water partition coefficient (Wildman–Crippen LogP) is 4.33. The molecule has 7 nitrogen and oxygen atoms in total. The lowest BCUT2D eigenvalue weighted by molar-refractivity contribution is -0.139. The van der Waals surface area contributed by atoms with Gasteiger partial charge in [0, 0.05) is 43.6 Å². The summed E-state index contributed by atoms with van der Waals surface area (Å²) in [5, 5.41) is 19.1. The van der Waals surface area contributed by atoms with Gasteiger partial charge in [0.2, 0.25) is 5.91 Å². The van der Waals surface area contributed by atoms with Gasteiger partial charge in [-0.1, -0.05) is 0 Å². The second-order valence-corrected chi connectivity index (χ2v) is 9.74. The third-order valence-electron chi connectivity index (χ3n) is 7.71. The highest BCUT2D eigenvalue weighted by molar-refractivity contribution is 5.88. The van der Waals surface area contributed by atoms with Crippen LogP contribution < -0.4 is 9.80 Å². The van der Waals surface area contributed by atoms with Gasteiger partial charge in [-0.05, 0) is 70.1 Å². The van der Waals surface area contributed by atoms with Crippen LogP contribution in [0.25, 0.3) is 0 Å². The number of benzene rings is 1. The van der Waals surface area contributed by atoms with Gasteiger partial charge in [-0.15, -0.1) is 0 Å². The number of aliphatic hydroxyl groups excluding tert-OH is 1. The van der Waals surface area contributed by atoms with E-state index in [0.29, 0.717) is 45.2 Å². The molecule has 3 fully saturated rings. The molecule has 1 saturated carbocycles. The van der Waals surface area contributed by atoms with E-state index < -0.39 is 23.2 Å². The molecule has 2 amide bonds. The van der Waals surface area contributed by atoms with Gasteiger partial charge in [-0.2, -0.15) is 13.2 Å². The maximum Gasteiger partial charge on any atom is 0.418 e. The fourth-order valence-corrected chi connectivity index (χ4v) is 5.90. The van der Waals surface area contributed by atoms with Crippen molar-refractivity contribution >= 4 is 23.4 Å². The van der Waals surface area contributed by atoms with Gasteiger partial charge in [-0.3, -0.25) is 9.69 Å². The molecule has 0 bridgehead atoms. The number of nitrogens with zero attached hydrogens (tertiary/aromatic N) is 3. The molecule has 10 heteroatoms. The van der Waals surface area contributed by atoms with Crippen LogP contribution in [0.15, 0.2) is 18.2 Å². The molecule has 3 aliphatic rings. The number of halogens is 3. The summed E-state index contributed by atoms with van der Waals surface area (Å²) < 4.78 is 42.1. The number of anilines is 2. The minimum absolute atomic E-state index is 0.0104. The zero-order chi connectivity index (χ0) is 24.7. The zero-order valence-electron chi connectivity index (χ0n) is 19.4. The summed E-state index contributed by atoms with van der Waals surface area (Å²) >= 11 is 0. The summed E-state index contributed by atoms with van der Waals surface area (Å²) in [5.74, 6) is 0.0202. The van der Waals surface area contributed by atoms with Crippen molar-refractivity contribution in [3.05, 3.63) is 23.8 Å². The molecule has 188 valence electrons. The largest absolute Gasteiger partial charge is 0.465 e. The Hall–Kier alpha value is -2.49. The Labute approximate surface area is 197 Å². The van der Waals surface area contributed by atoms with Gasteiger partial charge in [0.05, 0.1) is 17.1 Å². The summed E-state index contributed by atoms with van der Waals surface area (Å²) in [4.78, 5) is 29.4. The van der Waals surface area contributed by atoms with Crippen LogP contribution in [0.5, 0.6) is 0 Å². The van der Waals surface area contributed by atoms with Crippen LogP contribution in [-0.4, -0.2) is 65.4 Å². The molecule has 0 aromatic heterocycles. The molecule has 2 N–H and O–H groups in total. The number of piperidine rings is 1. The fraction of sp³-hybridized carbons (Fsp3) is 0.667. The van der Waals surface area contributed by atoms with Gasteiger partial charge >= 0.3 is 12.3 Å². The van der Waals surface area contributed by atoms with Gasteiger partial charge in [0.15, 0.2) is 0 Å². The average molecular weight is 484 g/mol. The molecule has 2 aliphatic heterocycles. The molecule has 1 aromatic carbocycles. The first kappa shape index (κ1) is 24.6. The molecule has 0 unspecified atom stereocenters. The van der Waals surface area contributed by atoms with E-state index in [1.807, 2.05) is 4.90 Å². The maximum atomic E-state index is 14.0. The van der Waals surface area contributed by atoms with E-state index in [9.17, 15) is 33.0 Å². The quantitative estimate of drug-likeness (QED) is 0.666. The number of hydrogen-bond donors (Lipinski definition) is 2. The van der Waals surface area contributed by atoms with Crippen LogP contribution in [0.4, 0.5) is 29.3 Å². The molecule has 34 heavy (non-hydrogen) atoms. The Balaban J connectivity index is 1.59. The smallest absolute Gasteiger partial charge is 0.418 e. The van der Waals surface area contributed by atoms with E-state index >= 15 is 0 Å². The number of alkyl halides is 3. The van der Waals surface area contributed by atoms with E-state index in [1.54, 1.807) is 11.8 Å². The van der Waals surface area contributed by atoms with Crippen molar-refractivity contribution in [1.29, 1.82) is 0 Å². The minimum Gasteiger partial charge on any atom is -0.465 e. The summed E-state index contributed by atoms with van der Waals surface area (Å²) in [6.45, 7) is 2.82. The van der Waals surface area contributed by atoms with E-state index in [0.717, 1.165) is 23.8 Å². The molecule has 0 radical (unpaired) electrons. The second-order valence-electron chi connectivity index (χ2n) is 9.74. The molecule has 2 heterocycles. The van der Waals surface area contributed by atoms with E-state index in [2.05, 4.69) is 0 Å². The maximum absolute atomic E-state index is 14.0. The molecular formula is C24H32F3N3O4. The van der Waals surface area contributed by atoms with Crippen molar-refractivity contribution < 1.29 is 33.0 Å². The van der Waals surface area contributed by atoms with Gasteiger partial charge < -0.3 is 20.0 Å². The summed E-state index contributed by atoms with van der Waals surface area (Å²) in [6, 6.07) is 3.72. The molecule has 1 atom stereocenters. The Morgan fingerprint density at radius 2 is 1.88 bits per heavy atom. The van der Waals surface area contributed by atoms with Gasteiger partial charge in [0.1, 0.15) is 0 Å². The number of carboxylic acid groups (broad SMARTS) is 1. The number of amides is 2. The molecule has 2 saturated heterocycles. The number of hydrogen-bond acceptors (Lipinski definition) is 4. The number of carbonyl (C=O) groups excluding carboxylic acids is 1. The van der Waals surface area contributed by atoms with Gasteiger partial charge in [0.25, 0.3) is 0 Å². The summed E-state index contributed by atoms with van der Waals surface area (Å²) in [5.41, 5.74) is -1.62. The SMILES string of the molecule is CCN(C(=O)O)c1ccc(N2CCC[C@]3(CCN([C@H]4CC[C@H](O)CC4)C3=O)C2)c(C(F)(F)F)c1. The first-order chi connectivity index (χ1) is 16.1. The Morgan fingerprint density at radius 3 is 2.50 bits per heavy atom. The zero-order valence-corrected chi connectivity index (χ0v) is 19.4. The average Bonchev–Trinajstić information content (AvgIpc) is 3.09. The fourth-order valence-electron chi connectivity index (χ4n) is 5.90. The lowest BCUT2D eigenvalue weighted by atomic mass is 9.78. The highest BCUT2D eigenvalue weighted by Crippen LogP contribution is 2.46. The highest BCUT2D eigenvalue weighted by Gasteiger charge is 2.51. The van der Waals surface area contributed by atoms with Crippen LogP contribution in [0.1, 0.15) is 57.4 Å². The lowest BCUT2D eigenvalue weighted by Gasteiger charge is -2.42. The van der Waals surface area contributed by atoms with Gasteiger partial charge in [-0.25, -0.2) is 4.79 Å². The van der Waals surface area contributed by atoms with Crippen molar-refractivity contribution in [2.75, 3.05) is 36.0 Å². The van der Waals surface area contributed by atoms with E-state index in [4.69, 9.17) is 0 Å². The minimum atomic E-state index is -4.66. The second kappa shape index (κ2) is 9.28. The third kappa shape index (κ3) is 4.56. The molecular weight excluding hydrogens is 451 g/mol. The number of rotatable bonds is 4. The number of likely N-dealkylation sites (tertiary alicyclic amines) is 1. The van der Waals surface area contributed by atoms with Crippen molar-refractivity contribution in [2.45, 2.75) is 70.2 Å². The first-order valence-corrected chi connectivity index (χ1v) is 12.0. The molecule has 1 aromatic rings. The van der Waals surface area contributed by atoms with E-state index in [1.165, 1.54) is 12.1 Å². The molecule has 1 aliphatic carbocycles. The first-order valence-electron chi connectivity index (χ1n) is 12.0. The Kier molecular flexibility index (Phi) is 6.72. The monoisotopic (exact) mass is 483 g/mol. The van der Waals surface area contributed by atoms with Crippen LogP contribution >= 0.6 is 0 Å². The lowest BCUT2D eigenvalue weighted by Crippen LogP contribution is -2.50. The van der Waals surface area contributed by atoms with Crippen LogP contribution in [-0.2, 0) is 11.0 Å². The third-order valence-corrected chi connectivity index (χ3v) is 7.71. The Morgan fingerprint density at radius 1 is 1.18 bits per heavy atom. The number of aliphatic hydroxyl groups is 1. The normalized spacial score (nSPS) is 28.0. The molecule has 1 spiro atoms. The topological polar surface area (TPSA) is 84.3 Å². The standard InChI is InChI=1S/C24H32F3N3O4/c1-2-29(22(33)34)17-6-9-20(19(14-17)24(25,26)27)28-12-3-10-23(15-28)11-13-30(21(23)32)16-4-7-18(31)8-5-16/h6,9,14,16,18,31H,2-5,7-8,10-13,15H2,1H3,(H,33,34)/t16-,18-,23-/m0/s1. The van der Waals surface area contributed by atoms with Crippen LogP contribution in [0.3, 0.4) is 0 Å². The van der Waals surface area contributed by atoms with Crippen molar-refractivity contribution in [3.8, 4) is 0 Å². The van der Waals surface area contributed by atoms with Crippen molar-refractivity contribution in [3.63, 3.8) is 0 Å². The van der Waals surface area contributed by atoms with E-state index in [-0.39, 0.29) is 42.5 Å². The summed E-state index contributed by atoms with van der Waals surface area (Å²) in [6.07, 6.45) is -1.58. The summed E-state index contributed by atoms with van der Waals surface area (Å²) in [7, 11) is 0. The number of carbonyl (C=O) groups is 2. The molecule has 4 rings (SSSR count). The van der Waals surface area contributed by atoms with Crippen LogP contribution in [0, 0.1) is 5.41 Å².